The van der Waals surface area contributed by atoms with Crippen molar-refractivity contribution in [2.45, 2.75) is 33.7 Å². The van der Waals surface area contributed by atoms with Crippen molar-refractivity contribution < 1.29 is 0 Å². The second-order valence-corrected chi connectivity index (χ2v) is 2.47. The minimum Gasteiger partial charge on any atom is -0.303 e. The first-order chi connectivity index (χ1) is 5.79. The van der Waals surface area contributed by atoms with Gasteiger partial charge in [0.2, 0.25) is 0 Å². The van der Waals surface area contributed by atoms with Crippen molar-refractivity contribution in [3.8, 4) is 0 Å². The molecule has 0 spiro atoms. The van der Waals surface area contributed by atoms with E-state index in [1.165, 1.54) is 0 Å². The molecule has 0 aliphatic carbocycles. The van der Waals surface area contributed by atoms with E-state index in [1.807, 2.05) is 39.1 Å². The molecule has 0 saturated heterocycles. The lowest BCUT2D eigenvalue weighted by molar-refractivity contribution is 0.673. The quantitative estimate of drug-likeness (QED) is 0.587. The van der Waals surface area contributed by atoms with Crippen LogP contribution in [0, 0.1) is 0 Å². The number of hydrazone groups is 1. The summed E-state index contributed by atoms with van der Waals surface area (Å²) in [6.45, 7) is 8.08. The molecule has 0 aromatic carbocycles. The van der Waals surface area contributed by atoms with Crippen LogP contribution in [0.4, 0.5) is 0 Å². The maximum Gasteiger partial charge on any atom is 0.0595 e. The molecule has 0 amide bonds. The van der Waals surface area contributed by atoms with E-state index in [1.54, 1.807) is 0 Å². The number of hydrogen-bond acceptors (Lipinski definition) is 2. The van der Waals surface area contributed by atoms with Crippen LogP contribution in [-0.4, -0.2) is 12.3 Å². The molecule has 1 aliphatic heterocycles. The third kappa shape index (κ3) is 4.72. The van der Waals surface area contributed by atoms with Crippen LogP contribution in [0.5, 0.6) is 0 Å². The Balaban J connectivity index is 0.000000561. The van der Waals surface area contributed by atoms with Crippen molar-refractivity contribution >= 4 is 6.21 Å². The van der Waals surface area contributed by atoms with Gasteiger partial charge in [-0.15, -0.1) is 0 Å². The summed E-state index contributed by atoms with van der Waals surface area (Å²) in [7, 11) is 0. The number of nitrogens with one attached hydrogen (secondary N) is 1. The molecule has 0 aromatic rings. The summed E-state index contributed by atoms with van der Waals surface area (Å²) < 4.78 is 0. The Labute approximate surface area is 75.1 Å². The third-order valence-corrected chi connectivity index (χ3v) is 1.31. The molecule has 1 atom stereocenters. The SMILES string of the molecule is CC.CC1=C\C=C/C(C)N/N=C\1. The predicted molar refractivity (Wildman–Crippen MR) is 55.3 cm³/mol. The molecule has 1 unspecified atom stereocenters. The highest BCUT2D eigenvalue weighted by Gasteiger charge is 1.92. The fraction of sp³-hybridized carbons (Fsp3) is 0.500. The first-order valence-corrected chi connectivity index (χ1v) is 4.43. The summed E-state index contributed by atoms with van der Waals surface area (Å²) in [5.74, 6) is 0. The van der Waals surface area contributed by atoms with Crippen LogP contribution in [0.3, 0.4) is 0 Å². The molecule has 0 fully saturated rings. The predicted octanol–water partition coefficient (Wildman–Crippen LogP) is 2.49. The summed E-state index contributed by atoms with van der Waals surface area (Å²) >= 11 is 0. The van der Waals surface area contributed by atoms with Crippen molar-refractivity contribution in [3.63, 3.8) is 0 Å². The van der Waals surface area contributed by atoms with Crippen molar-refractivity contribution in [2.24, 2.45) is 5.10 Å². The molecule has 0 radical (unpaired) electrons. The van der Waals surface area contributed by atoms with E-state index in [4.69, 9.17) is 0 Å². The monoisotopic (exact) mass is 166 g/mol. The highest BCUT2D eigenvalue weighted by molar-refractivity contribution is 5.78. The largest absolute Gasteiger partial charge is 0.303 e. The zero-order valence-electron chi connectivity index (χ0n) is 8.33. The van der Waals surface area contributed by atoms with Crippen LogP contribution in [0.2, 0.25) is 0 Å². The lowest BCUT2D eigenvalue weighted by Crippen LogP contribution is -2.18. The second kappa shape index (κ2) is 6.65. The van der Waals surface area contributed by atoms with Crippen LogP contribution in [0.25, 0.3) is 0 Å². The van der Waals surface area contributed by atoms with Gasteiger partial charge in [0.15, 0.2) is 0 Å². The number of rotatable bonds is 0. The Hall–Kier alpha value is -1.05. The zero-order chi connectivity index (χ0) is 9.40. The van der Waals surface area contributed by atoms with Gasteiger partial charge in [0.1, 0.15) is 0 Å². The van der Waals surface area contributed by atoms with Gasteiger partial charge < -0.3 is 5.43 Å². The number of allylic oxidation sites excluding steroid dienone is 3. The molecule has 0 bridgehead atoms. The van der Waals surface area contributed by atoms with Crippen molar-refractivity contribution in [3.05, 3.63) is 23.8 Å². The van der Waals surface area contributed by atoms with E-state index >= 15 is 0 Å². The molecule has 1 aliphatic rings. The Kier molecular flexibility index (Phi) is 6.07. The highest BCUT2D eigenvalue weighted by Crippen LogP contribution is 1.94. The van der Waals surface area contributed by atoms with Crippen LogP contribution in [-0.2, 0) is 0 Å². The fourth-order valence-corrected chi connectivity index (χ4v) is 0.717. The maximum atomic E-state index is 4.00. The Morgan fingerprint density at radius 2 is 2.08 bits per heavy atom. The van der Waals surface area contributed by atoms with Gasteiger partial charge in [-0.05, 0) is 19.4 Å². The van der Waals surface area contributed by atoms with E-state index in [2.05, 4.69) is 23.5 Å². The van der Waals surface area contributed by atoms with Crippen molar-refractivity contribution in [1.82, 2.24) is 5.43 Å². The number of nitrogens with zero attached hydrogens (tertiary/aromatic N) is 1. The molecule has 1 N–H and O–H groups in total. The normalized spacial score (nSPS) is 30.7. The van der Waals surface area contributed by atoms with Gasteiger partial charge in [-0.25, -0.2) is 0 Å². The standard InChI is InChI=1S/C8H12N2.C2H6/c1-7-4-3-5-8(2)10-9-6-7;1-2/h3-6,8,10H,1-2H3;1-2H3/b5-3-,7-4+,9-6-;. The Morgan fingerprint density at radius 3 is 2.75 bits per heavy atom. The Bertz CT molecular complexity index is 190. The van der Waals surface area contributed by atoms with Crippen LogP contribution < -0.4 is 5.43 Å². The number of hydrogen-bond donors (Lipinski definition) is 1. The van der Waals surface area contributed by atoms with Crippen LogP contribution in [0.15, 0.2) is 28.9 Å². The summed E-state index contributed by atoms with van der Waals surface area (Å²) in [5.41, 5.74) is 4.12. The smallest absolute Gasteiger partial charge is 0.0595 e. The molecule has 2 nitrogen and oxygen atoms in total. The maximum absolute atomic E-state index is 4.00. The first-order valence-electron chi connectivity index (χ1n) is 4.43. The van der Waals surface area contributed by atoms with E-state index in [0.717, 1.165) is 5.57 Å². The lowest BCUT2D eigenvalue weighted by atomic mass is 10.2. The minimum absolute atomic E-state index is 0.334. The van der Waals surface area contributed by atoms with Crippen LogP contribution in [0.1, 0.15) is 27.7 Å². The molecular weight excluding hydrogens is 148 g/mol. The van der Waals surface area contributed by atoms with E-state index in [9.17, 15) is 0 Å². The first kappa shape index (κ1) is 11.0. The highest BCUT2D eigenvalue weighted by atomic mass is 15.3. The molecule has 68 valence electrons. The summed E-state index contributed by atoms with van der Waals surface area (Å²) in [6, 6.07) is 0.334. The molecule has 0 saturated carbocycles. The van der Waals surface area contributed by atoms with Gasteiger partial charge in [-0.1, -0.05) is 32.1 Å². The molecule has 12 heavy (non-hydrogen) atoms. The van der Waals surface area contributed by atoms with E-state index in [-0.39, 0.29) is 0 Å². The second-order valence-electron chi connectivity index (χ2n) is 2.47. The Morgan fingerprint density at radius 1 is 1.42 bits per heavy atom. The van der Waals surface area contributed by atoms with Gasteiger partial charge in [0.25, 0.3) is 0 Å². The average molecular weight is 166 g/mol. The lowest BCUT2D eigenvalue weighted by Gasteiger charge is -2.05. The van der Waals surface area contributed by atoms with Gasteiger partial charge >= 0.3 is 0 Å². The molecule has 0 aromatic heterocycles. The zero-order valence-corrected chi connectivity index (χ0v) is 8.33. The van der Waals surface area contributed by atoms with Gasteiger partial charge in [0.05, 0.1) is 6.04 Å². The van der Waals surface area contributed by atoms with Crippen LogP contribution >= 0.6 is 0 Å². The van der Waals surface area contributed by atoms with E-state index in [0.29, 0.717) is 6.04 Å². The van der Waals surface area contributed by atoms with E-state index < -0.39 is 0 Å². The average Bonchev–Trinajstić information content (AvgIpc) is 2.05. The van der Waals surface area contributed by atoms with Crippen molar-refractivity contribution in [1.29, 1.82) is 0 Å². The van der Waals surface area contributed by atoms with Gasteiger partial charge in [0, 0.05) is 6.21 Å². The fourth-order valence-electron chi connectivity index (χ4n) is 0.717. The summed E-state index contributed by atoms with van der Waals surface area (Å²) in [6.07, 6.45) is 7.97. The summed E-state index contributed by atoms with van der Waals surface area (Å²) in [4.78, 5) is 0. The van der Waals surface area contributed by atoms with Gasteiger partial charge in [-0.3, -0.25) is 0 Å². The topological polar surface area (TPSA) is 24.4 Å². The van der Waals surface area contributed by atoms with Gasteiger partial charge in [-0.2, -0.15) is 5.10 Å². The minimum atomic E-state index is 0.334. The molecule has 1 rings (SSSR count). The third-order valence-electron chi connectivity index (χ3n) is 1.31. The molecule has 2 heteroatoms. The summed E-state index contributed by atoms with van der Waals surface area (Å²) in [5, 5.41) is 4.00. The molecular formula is C10H18N2. The van der Waals surface area contributed by atoms with Crippen molar-refractivity contribution in [2.75, 3.05) is 0 Å². The molecule has 1 heterocycles.